The number of amides is 1. The quantitative estimate of drug-likeness (QED) is 0.734. The first-order chi connectivity index (χ1) is 6.75. The molecule has 1 heterocycles. The van der Waals surface area contributed by atoms with E-state index in [0.29, 0.717) is 18.6 Å². The summed E-state index contributed by atoms with van der Waals surface area (Å²) in [7, 11) is 0. The molecule has 14 heavy (non-hydrogen) atoms. The van der Waals surface area contributed by atoms with Gasteiger partial charge in [0, 0.05) is 12.1 Å². The lowest BCUT2D eigenvalue weighted by Crippen LogP contribution is -2.44. The van der Waals surface area contributed by atoms with Crippen molar-refractivity contribution >= 4 is 5.91 Å². The SMILES string of the molecule is C[C@H]1CCCCN1CC(=O)NC1CC1. The molecule has 0 bridgehead atoms. The number of hydrogen-bond acceptors (Lipinski definition) is 2. The minimum absolute atomic E-state index is 0.223. The molecule has 1 saturated heterocycles. The zero-order valence-electron chi connectivity index (χ0n) is 8.96. The second kappa shape index (κ2) is 4.30. The van der Waals surface area contributed by atoms with E-state index in [2.05, 4.69) is 17.1 Å². The van der Waals surface area contributed by atoms with E-state index >= 15 is 0 Å². The van der Waals surface area contributed by atoms with Crippen LogP contribution in [0.25, 0.3) is 0 Å². The van der Waals surface area contributed by atoms with Gasteiger partial charge in [-0.15, -0.1) is 0 Å². The Morgan fingerprint density at radius 2 is 2.14 bits per heavy atom. The lowest BCUT2D eigenvalue weighted by molar-refractivity contribution is -0.123. The largest absolute Gasteiger partial charge is 0.352 e. The standard InChI is InChI=1S/C11H20N2O/c1-9-4-2-3-7-13(9)8-11(14)12-10-5-6-10/h9-10H,2-8H2,1H3,(H,12,14)/t9-/m0/s1. The lowest BCUT2D eigenvalue weighted by Gasteiger charge is -2.32. The molecule has 0 aromatic heterocycles. The molecule has 0 aromatic carbocycles. The first kappa shape index (κ1) is 9.97. The molecule has 1 aliphatic carbocycles. The number of nitrogens with one attached hydrogen (secondary N) is 1. The van der Waals surface area contributed by atoms with Crippen molar-refractivity contribution in [3.8, 4) is 0 Å². The van der Waals surface area contributed by atoms with Crippen LogP contribution in [0.2, 0.25) is 0 Å². The van der Waals surface area contributed by atoms with E-state index in [1.807, 2.05) is 0 Å². The Kier molecular flexibility index (Phi) is 3.06. The van der Waals surface area contributed by atoms with Gasteiger partial charge < -0.3 is 5.32 Å². The predicted octanol–water partition coefficient (Wildman–Crippen LogP) is 1.14. The molecule has 2 fully saturated rings. The average molecular weight is 196 g/mol. The van der Waals surface area contributed by atoms with Gasteiger partial charge in [0.15, 0.2) is 0 Å². The first-order valence-electron chi connectivity index (χ1n) is 5.79. The number of rotatable bonds is 3. The van der Waals surface area contributed by atoms with Crippen molar-refractivity contribution in [1.29, 1.82) is 0 Å². The van der Waals surface area contributed by atoms with E-state index in [1.165, 1.54) is 32.1 Å². The topological polar surface area (TPSA) is 32.3 Å². The molecule has 1 saturated carbocycles. The Morgan fingerprint density at radius 3 is 2.79 bits per heavy atom. The molecule has 1 aliphatic heterocycles. The van der Waals surface area contributed by atoms with Gasteiger partial charge in [0.05, 0.1) is 6.54 Å². The molecule has 1 N–H and O–H groups in total. The van der Waals surface area contributed by atoms with Gasteiger partial charge in [-0.05, 0) is 39.2 Å². The van der Waals surface area contributed by atoms with Crippen molar-refractivity contribution in [2.24, 2.45) is 0 Å². The van der Waals surface area contributed by atoms with Crippen LogP contribution in [0.1, 0.15) is 39.0 Å². The van der Waals surface area contributed by atoms with Crippen molar-refractivity contribution < 1.29 is 4.79 Å². The van der Waals surface area contributed by atoms with Crippen LogP contribution in [0, 0.1) is 0 Å². The summed E-state index contributed by atoms with van der Waals surface area (Å²) in [5.74, 6) is 0.223. The van der Waals surface area contributed by atoms with E-state index in [0.717, 1.165) is 6.54 Å². The fourth-order valence-electron chi connectivity index (χ4n) is 2.08. The molecule has 0 spiro atoms. The van der Waals surface area contributed by atoms with Crippen molar-refractivity contribution in [1.82, 2.24) is 10.2 Å². The Balaban J connectivity index is 1.73. The molecule has 2 rings (SSSR count). The second-order valence-electron chi connectivity index (χ2n) is 4.66. The summed E-state index contributed by atoms with van der Waals surface area (Å²) in [5.41, 5.74) is 0. The molecule has 1 atom stereocenters. The van der Waals surface area contributed by atoms with Crippen LogP contribution in [-0.2, 0) is 4.79 Å². The maximum Gasteiger partial charge on any atom is 0.234 e. The van der Waals surface area contributed by atoms with E-state index < -0.39 is 0 Å². The molecule has 3 nitrogen and oxygen atoms in total. The second-order valence-corrected chi connectivity index (χ2v) is 4.66. The van der Waals surface area contributed by atoms with Crippen LogP contribution in [0.3, 0.4) is 0 Å². The Morgan fingerprint density at radius 1 is 1.36 bits per heavy atom. The van der Waals surface area contributed by atoms with E-state index in [-0.39, 0.29) is 5.91 Å². The summed E-state index contributed by atoms with van der Waals surface area (Å²) >= 11 is 0. The van der Waals surface area contributed by atoms with Crippen molar-refractivity contribution in [2.75, 3.05) is 13.1 Å². The molecule has 80 valence electrons. The van der Waals surface area contributed by atoms with E-state index in [4.69, 9.17) is 0 Å². The van der Waals surface area contributed by atoms with Gasteiger partial charge >= 0.3 is 0 Å². The third-order valence-electron chi connectivity index (χ3n) is 3.23. The van der Waals surface area contributed by atoms with Gasteiger partial charge in [-0.3, -0.25) is 9.69 Å². The van der Waals surface area contributed by atoms with E-state index in [1.54, 1.807) is 0 Å². The summed E-state index contributed by atoms with van der Waals surface area (Å²) < 4.78 is 0. The van der Waals surface area contributed by atoms with Gasteiger partial charge in [-0.1, -0.05) is 6.42 Å². The Hall–Kier alpha value is -0.570. The molecule has 0 aromatic rings. The minimum Gasteiger partial charge on any atom is -0.352 e. The maximum atomic E-state index is 11.6. The van der Waals surface area contributed by atoms with Crippen LogP contribution in [-0.4, -0.2) is 36.0 Å². The molecular weight excluding hydrogens is 176 g/mol. The Bertz CT molecular complexity index is 213. The summed E-state index contributed by atoms with van der Waals surface area (Å²) in [5, 5.41) is 3.04. The highest BCUT2D eigenvalue weighted by Crippen LogP contribution is 2.19. The van der Waals surface area contributed by atoms with Crippen molar-refractivity contribution in [3.63, 3.8) is 0 Å². The highest BCUT2D eigenvalue weighted by molar-refractivity contribution is 5.78. The molecule has 0 unspecified atom stereocenters. The minimum atomic E-state index is 0.223. The van der Waals surface area contributed by atoms with Crippen LogP contribution in [0.4, 0.5) is 0 Å². The van der Waals surface area contributed by atoms with Gasteiger partial charge in [0.25, 0.3) is 0 Å². The molecule has 0 radical (unpaired) electrons. The number of nitrogens with zero attached hydrogens (tertiary/aromatic N) is 1. The average Bonchev–Trinajstić information content (AvgIpc) is 2.93. The summed E-state index contributed by atoms with van der Waals surface area (Å²) in [6, 6.07) is 1.09. The summed E-state index contributed by atoms with van der Waals surface area (Å²) in [4.78, 5) is 13.9. The third-order valence-corrected chi connectivity index (χ3v) is 3.23. The fourth-order valence-corrected chi connectivity index (χ4v) is 2.08. The number of carbonyl (C=O) groups is 1. The number of likely N-dealkylation sites (tertiary alicyclic amines) is 1. The normalized spacial score (nSPS) is 28.8. The highest BCUT2D eigenvalue weighted by atomic mass is 16.2. The third kappa shape index (κ3) is 2.71. The van der Waals surface area contributed by atoms with Crippen molar-refractivity contribution in [3.05, 3.63) is 0 Å². The van der Waals surface area contributed by atoms with Crippen LogP contribution in [0.15, 0.2) is 0 Å². The van der Waals surface area contributed by atoms with E-state index in [9.17, 15) is 4.79 Å². The first-order valence-corrected chi connectivity index (χ1v) is 5.79. The molecule has 3 heteroatoms. The van der Waals surface area contributed by atoms with Crippen LogP contribution in [0.5, 0.6) is 0 Å². The summed E-state index contributed by atoms with van der Waals surface area (Å²) in [6.07, 6.45) is 6.18. The number of carbonyl (C=O) groups excluding carboxylic acids is 1. The molecule has 2 aliphatic rings. The zero-order chi connectivity index (χ0) is 9.97. The number of piperidine rings is 1. The number of hydrogen-bond donors (Lipinski definition) is 1. The smallest absolute Gasteiger partial charge is 0.234 e. The Labute approximate surface area is 85.8 Å². The maximum absolute atomic E-state index is 11.6. The fraction of sp³-hybridized carbons (Fsp3) is 0.909. The molecule has 1 amide bonds. The van der Waals surface area contributed by atoms with Gasteiger partial charge in [0.2, 0.25) is 5.91 Å². The van der Waals surface area contributed by atoms with Crippen molar-refractivity contribution in [2.45, 2.75) is 51.1 Å². The van der Waals surface area contributed by atoms with Gasteiger partial charge in [0.1, 0.15) is 0 Å². The zero-order valence-corrected chi connectivity index (χ0v) is 8.96. The van der Waals surface area contributed by atoms with Gasteiger partial charge in [-0.25, -0.2) is 0 Å². The molecular formula is C11H20N2O. The predicted molar refractivity (Wildman–Crippen MR) is 56.1 cm³/mol. The van der Waals surface area contributed by atoms with Crippen LogP contribution >= 0.6 is 0 Å². The van der Waals surface area contributed by atoms with Gasteiger partial charge in [-0.2, -0.15) is 0 Å². The van der Waals surface area contributed by atoms with Crippen LogP contribution < -0.4 is 5.32 Å². The monoisotopic (exact) mass is 196 g/mol. The summed E-state index contributed by atoms with van der Waals surface area (Å²) in [6.45, 7) is 3.93. The lowest BCUT2D eigenvalue weighted by atomic mass is 10.0. The highest BCUT2D eigenvalue weighted by Gasteiger charge is 2.25.